The molecular formula is C11H19ClN2O. The topological polar surface area (TPSA) is 34.1 Å². The van der Waals surface area contributed by atoms with Gasteiger partial charge >= 0.3 is 0 Å². The van der Waals surface area contributed by atoms with Crippen LogP contribution in [0.15, 0.2) is 18.3 Å². The summed E-state index contributed by atoms with van der Waals surface area (Å²) < 4.78 is 5.22. The van der Waals surface area contributed by atoms with Gasteiger partial charge in [0, 0.05) is 31.6 Å². The van der Waals surface area contributed by atoms with Crippen molar-refractivity contribution in [3.05, 3.63) is 29.6 Å². The van der Waals surface area contributed by atoms with E-state index in [0.717, 1.165) is 32.0 Å². The zero-order valence-corrected chi connectivity index (χ0v) is 10.1. The predicted molar refractivity (Wildman–Crippen MR) is 64.4 cm³/mol. The molecule has 1 N–H and O–H groups in total. The van der Waals surface area contributed by atoms with Crippen molar-refractivity contribution in [1.29, 1.82) is 0 Å². The standard InChI is InChI=1S/C11H18N2O.ClH/c1-3-14-8-7-12-9-11-5-4-6-13-10(11)2;/h4-6,12H,3,7-9H2,1-2H3;1H. The van der Waals surface area contributed by atoms with Crippen LogP contribution in [0.3, 0.4) is 0 Å². The Labute approximate surface area is 97.7 Å². The number of nitrogens with one attached hydrogen (secondary N) is 1. The fourth-order valence-corrected chi connectivity index (χ4v) is 1.22. The van der Waals surface area contributed by atoms with Crippen molar-refractivity contribution in [3.8, 4) is 0 Å². The number of aromatic nitrogens is 1. The van der Waals surface area contributed by atoms with Crippen LogP contribution in [-0.4, -0.2) is 24.7 Å². The van der Waals surface area contributed by atoms with Crippen LogP contribution in [-0.2, 0) is 11.3 Å². The molecule has 0 saturated heterocycles. The molecule has 3 nitrogen and oxygen atoms in total. The molecule has 0 saturated carbocycles. The van der Waals surface area contributed by atoms with E-state index >= 15 is 0 Å². The Morgan fingerprint density at radius 1 is 1.47 bits per heavy atom. The monoisotopic (exact) mass is 230 g/mol. The Hall–Kier alpha value is -0.640. The van der Waals surface area contributed by atoms with E-state index in [0.29, 0.717) is 0 Å². The Morgan fingerprint density at radius 2 is 2.27 bits per heavy atom. The normalized spacial score (nSPS) is 9.73. The zero-order chi connectivity index (χ0) is 10.2. The van der Waals surface area contributed by atoms with Crippen molar-refractivity contribution in [1.82, 2.24) is 10.3 Å². The minimum Gasteiger partial charge on any atom is -0.380 e. The summed E-state index contributed by atoms with van der Waals surface area (Å²) in [5, 5.41) is 3.31. The van der Waals surface area contributed by atoms with Gasteiger partial charge in [0.25, 0.3) is 0 Å². The first kappa shape index (κ1) is 14.4. The summed E-state index contributed by atoms with van der Waals surface area (Å²) in [4.78, 5) is 4.22. The Kier molecular flexibility index (Phi) is 8.28. The lowest BCUT2D eigenvalue weighted by molar-refractivity contribution is 0.149. The highest BCUT2D eigenvalue weighted by Crippen LogP contribution is 2.01. The first-order chi connectivity index (χ1) is 6.84. The highest BCUT2D eigenvalue weighted by Gasteiger charge is 1.96. The summed E-state index contributed by atoms with van der Waals surface area (Å²) in [5.41, 5.74) is 2.35. The van der Waals surface area contributed by atoms with Crippen LogP contribution in [0.5, 0.6) is 0 Å². The number of ether oxygens (including phenoxy) is 1. The van der Waals surface area contributed by atoms with Gasteiger partial charge in [0.05, 0.1) is 6.61 Å². The molecule has 4 heteroatoms. The Bertz CT molecular complexity index is 269. The molecule has 0 aliphatic rings. The summed E-state index contributed by atoms with van der Waals surface area (Å²) in [7, 11) is 0. The van der Waals surface area contributed by atoms with E-state index in [1.54, 1.807) is 0 Å². The molecule has 1 rings (SSSR count). The molecule has 0 aliphatic heterocycles. The van der Waals surface area contributed by atoms with Crippen LogP contribution in [0.4, 0.5) is 0 Å². The first-order valence-corrected chi connectivity index (χ1v) is 5.03. The lowest BCUT2D eigenvalue weighted by Crippen LogP contribution is -2.19. The molecular weight excluding hydrogens is 212 g/mol. The van der Waals surface area contributed by atoms with Gasteiger partial charge in [0.1, 0.15) is 0 Å². The number of hydrogen-bond donors (Lipinski definition) is 1. The molecule has 0 spiro atoms. The molecule has 0 amide bonds. The summed E-state index contributed by atoms with van der Waals surface area (Å²) >= 11 is 0. The fourth-order valence-electron chi connectivity index (χ4n) is 1.22. The number of aryl methyl sites for hydroxylation is 1. The largest absolute Gasteiger partial charge is 0.380 e. The van der Waals surface area contributed by atoms with Gasteiger partial charge in [0.2, 0.25) is 0 Å². The average Bonchev–Trinajstić information content (AvgIpc) is 2.20. The lowest BCUT2D eigenvalue weighted by Gasteiger charge is -2.06. The molecule has 0 unspecified atom stereocenters. The number of rotatable bonds is 6. The van der Waals surface area contributed by atoms with E-state index in [1.807, 2.05) is 26.1 Å². The number of halogens is 1. The molecule has 1 heterocycles. The first-order valence-electron chi connectivity index (χ1n) is 5.03. The molecule has 86 valence electrons. The molecule has 0 aromatic carbocycles. The number of hydrogen-bond acceptors (Lipinski definition) is 3. The smallest absolute Gasteiger partial charge is 0.0590 e. The number of pyridine rings is 1. The van der Waals surface area contributed by atoms with E-state index in [1.165, 1.54) is 5.56 Å². The van der Waals surface area contributed by atoms with Crippen molar-refractivity contribution in [3.63, 3.8) is 0 Å². The summed E-state index contributed by atoms with van der Waals surface area (Å²) in [6.45, 7) is 7.35. The van der Waals surface area contributed by atoms with Gasteiger partial charge in [-0.2, -0.15) is 0 Å². The van der Waals surface area contributed by atoms with Gasteiger partial charge in [-0.1, -0.05) is 6.07 Å². The summed E-state index contributed by atoms with van der Waals surface area (Å²) in [6.07, 6.45) is 1.82. The van der Waals surface area contributed by atoms with E-state index < -0.39 is 0 Å². The van der Waals surface area contributed by atoms with Gasteiger partial charge in [-0.3, -0.25) is 4.98 Å². The molecule has 0 fully saturated rings. The maximum absolute atomic E-state index is 5.22. The SMILES string of the molecule is CCOCCNCc1cccnc1C.Cl. The van der Waals surface area contributed by atoms with Gasteiger partial charge < -0.3 is 10.1 Å². The van der Waals surface area contributed by atoms with E-state index in [2.05, 4.69) is 16.4 Å². The van der Waals surface area contributed by atoms with Crippen molar-refractivity contribution >= 4 is 12.4 Å². The third kappa shape index (κ3) is 5.72. The maximum Gasteiger partial charge on any atom is 0.0590 e. The van der Waals surface area contributed by atoms with Crippen molar-refractivity contribution < 1.29 is 4.74 Å². The minimum atomic E-state index is 0. The molecule has 1 aromatic heterocycles. The lowest BCUT2D eigenvalue weighted by atomic mass is 10.2. The minimum absolute atomic E-state index is 0. The number of nitrogens with zero attached hydrogens (tertiary/aromatic N) is 1. The highest BCUT2D eigenvalue weighted by molar-refractivity contribution is 5.85. The van der Waals surface area contributed by atoms with E-state index in [-0.39, 0.29) is 12.4 Å². The molecule has 0 bridgehead atoms. The second-order valence-electron chi connectivity index (χ2n) is 3.12. The summed E-state index contributed by atoms with van der Waals surface area (Å²) in [5.74, 6) is 0. The van der Waals surface area contributed by atoms with Crippen LogP contribution >= 0.6 is 12.4 Å². The molecule has 0 atom stereocenters. The van der Waals surface area contributed by atoms with Crippen molar-refractivity contribution in [2.75, 3.05) is 19.8 Å². The third-order valence-corrected chi connectivity index (χ3v) is 2.06. The van der Waals surface area contributed by atoms with Gasteiger partial charge in [-0.15, -0.1) is 12.4 Å². The molecule has 15 heavy (non-hydrogen) atoms. The van der Waals surface area contributed by atoms with Gasteiger partial charge in [-0.25, -0.2) is 0 Å². The van der Waals surface area contributed by atoms with Crippen molar-refractivity contribution in [2.24, 2.45) is 0 Å². The van der Waals surface area contributed by atoms with Crippen LogP contribution in [0.2, 0.25) is 0 Å². The second kappa shape index (κ2) is 8.65. The second-order valence-corrected chi connectivity index (χ2v) is 3.12. The maximum atomic E-state index is 5.22. The van der Waals surface area contributed by atoms with E-state index in [4.69, 9.17) is 4.74 Å². The van der Waals surface area contributed by atoms with Gasteiger partial charge in [-0.05, 0) is 25.5 Å². The molecule has 1 aromatic rings. The zero-order valence-electron chi connectivity index (χ0n) is 9.32. The van der Waals surface area contributed by atoms with Crippen LogP contribution < -0.4 is 5.32 Å². The van der Waals surface area contributed by atoms with E-state index in [9.17, 15) is 0 Å². The van der Waals surface area contributed by atoms with Crippen LogP contribution in [0.25, 0.3) is 0 Å². The summed E-state index contributed by atoms with van der Waals surface area (Å²) in [6, 6.07) is 4.06. The fraction of sp³-hybridized carbons (Fsp3) is 0.545. The quantitative estimate of drug-likeness (QED) is 0.759. The Balaban J connectivity index is 0.00000196. The molecule has 0 aliphatic carbocycles. The average molecular weight is 231 g/mol. The Morgan fingerprint density at radius 3 is 2.93 bits per heavy atom. The highest BCUT2D eigenvalue weighted by atomic mass is 35.5. The van der Waals surface area contributed by atoms with Crippen LogP contribution in [0, 0.1) is 6.92 Å². The third-order valence-electron chi connectivity index (χ3n) is 2.06. The van der Waals surface area contributed by atoms with Gasteiger partial charge in [0.15, 0.2) is 0 Å². The predicted octanol–water partition coefficient (Wildman–Crippen LogP) is 1.94. The van der Waals surface area contributed by atoms with Crippen LogP contribution in [0.1, 0.15) is 18.2 Å². The molecule has 0 radical (unpaired) electrons. The van der Waals surface area contributed by atoms with Crippen molar-refractivity contribution in [2.45, 2.75) is 20.4 Å².